The third-order valence-electron chi connectivity index (χ3n) is 3.43. The minimum Gasteiger partial charge on any atom is -0.352 e. The zero-order valence-corrected chi connectivity index (χ0v) is 12.7. The molecule has 0 atom stereocenters. The number of hydrogen-bond acceptors (Lipinski definition) is 2. The Morgan fingerprint density at radius 2 is 2.05 bits per heavy atom. The number of halogens is 1. The first kappa shape index (κ1) is 14.6. The second kappa shape index (κ2) is 6.09. The lowest BCUT2D eigenvalue weighted by Crippen LogP contribution is -2.25. The molecule has 0 aliphatic heterocycles. The molecule has 0 bridgehead atoms. The van der Waals surface area contributed by atoms with Crippen molar-refractivity contribution in [2.75, 3.05) is 0 Å². The summed E-state index contributed by atoms with van der Waals surface area (Å²) in [5.41, 5.74) is 3.83. The van der Waals surface area contributed by atoms with E-state index in [1.165, 1.54) is 0 Å². The predicted molar refractivity (Wildman–Crippen MR) is 79.7 cm³/mol. The molecule has 0 unspecified atom stereocenters. The zero-order valence-electron chi connectivity index (χ0n) is 11.9. The van der Waals surface area contributed by atoms with Crippen LogP contribution in [0.1, 0.15) is 22.5 Å². The molecule has 20 heavy (non-hydrogen) atoms. The number of nitrogens with one attached hydrogen (secondary N) is 1. The predicted octanol–water partition coefficient (Wildman–Crippen LogP) is 2.55. The highest BCUT2D eigenvalue weighted by atomic mass is 35.5. The number of carbonyl (C=O) groups is 1. The van der Waals surface area contributed by atoms with Gasteiger partial charge in [-0.1, -0.05) is 29.8 Å². The molecule has 1 aromatic heterocycles. The fraction of sp³-hybridized carbons (Fsp3) is 0.333. The summed E-state index contributed by atoms with van der Waals surface area (Å²) in [7, 11) is 1.88. The molecule has 1 amide bonds. The van der Waals surface area contributed by atoms with Gasteiger partial charge in [0.15, 0.2) is 0 Å². The number of carbonyl (C=O) groups excluding carboxylic acids is 1. The first-order chi connectivity index (χ1) is 9.49. The maximum Gasteiger partial charge on any atom is 0.224 e. The molecule has 0 aliphatic carbocycles. The van der Waals surface area contributed by atoms with Crippen LogP contribution in [0.15, 0.2) is 24.3 Å². The van der Waals surface area contributed by atoms with Crippen LogP contribution in [0, 0.1) is 13.8 Å². The van der Waals surface area contributed by atoms with E-state index >= 15 is 0 Å². The van der Waals surface area contributed by atoms with Gasteiger partial charge in [0, 0.05) is 29.9 Å². The minimum atomic E-state index is -0.0240. The third-order valence-corrected chi connectivity index (χ3v) is 3.80. The summed E-state index contributed by atoms with van der Waals surface area (Å²) in [6.07, 6.45) is 0.343. The molecule has 0 fully saturated rings. The van der Waals surface area contributed by atoms with Crippen LogP contribution < -0.4 is 5.32 Å². The van der Waals surface area contributed by atoms with Gasteiger partial charge in [-0.2, -0.15) is 5.10 Å². The second-order valence-electron chi connectivity index (χ2n) is 4.82. The van der Waals surface area contributed by atoms with Gasteiger partial charge in [-0.05, 0) is 25.5 Å². The number of hydrogen-bond donors (Lipinski definition) is 1. The Morgan fingerprint density at radius 1 is 1.35 bits per heavy atom. The molecule has 2 aromatic rings. The summed E-state index contributed by atoms with van der Waals surface area (Å²) in [4.78, 5) is 12.0. The van der Waals surface area contributed by atoms with Crippen LogP contribution >= 0.6 is 11.6 Å². The largest absolute Gasteiger partial charge is 0.352 e. The van der Waals surface area contributed by atoms with Crippen molar-refractivity contribution in [3.8, 4) is 0 Å². The van der Waals surface area contributed by atoms with Crippen LogP contribution in [0.5, 0.6) is 0 Å². The van der Waals surface area contributed by atoms with Crippen LogP contribution in [0.4, 0.5) is 0 Å². The standard InChI is InChI=1S/C15H18ClN3O/c1-10-13(11(2)19(3)18-10)8-15(20)17-9-12-6-4-5-7-14(12)16/h4-7H,8-9H2,1-3H3,(H,17,20). The van der Waals surface area contributed by atoms with Gasteiger partial charge in [0.25, 0.3) is 0 Å². The lowest BCUT2D eigenvalue weighted by atomic mass is 10.1. The van der Waals surface area contributed by atoms with E-state index in [2.05, 4.69) is 10.4 Å². The molecular weight excluding hydrogens is 274 g/mol. The smallest absolute Gasteiger partial charge is 0.224 e. The van der Waals surface area contributed by atoms with Crippen molar-refractivity contribution in [1.82, 2.24) is 15.1 Å². The van der Waals surface area contributed by atoms with Crippen LogP contribution in [0.25, 0.3) is 0 Å². The molecule has 5 heteroatoms. The Kier molecular flexibility index (Phi) is 4.45. The van der Waals surface area contributed by atoms with Gasteiger partial charge in [-0.3, -0.25) is 9.48 Å². The van der Waals surface area contributed by atoms with E-state index < -0.39 is 0 Å². The molecule has 0 aliphatic rings. The fourth-order valence-corrected chi connectivity index (χ4v) is 2.33. The molecule has 2 rings (SSSR count). The third kappa shape index (κ3) is 3.20. The van der Waals surface area contributed by atoms with Gasteiger partial charge in [-0.15, -0.1) is 0 Å². The van der Waals surface area contributed by atoms with E-state index in [4.69, 9.17) is 11.6 Å². The topological polar surface area (TPSA) is 46.9 Å². The van der Waals surface area contributed by atoms with Gasteiger partial charge < -0.3 is 5.32 Å². The maximum absolute atomic E-state index is 12.0. The number of nitrogens with zero attached hydrogens (tertiary/aromatic N) is 2. The van der Waals surface area contributed by atoms with Crippen molar-refractivity contribution >= 4 is 17.5 Å². The van der Waals surface area contributed by atoms with E-state index in [0.717, 1.165) is 22.5 Å². The minimum absolute atomic E-state index is 0.0240. The van der Waals surface area contributed by atoms with Crippen molar-refractivity contribution in [1.29, 1.82) is 0 Å². The van der Waals surface area contributed by atoms with Crippen molar-refractivity contribution in [2.45, 2.75) is 26.8 Å². The molecule has 0 spiro atoms. The highest BCUT2D eigenvalue weighted by Crippen LogP contribution is 2.15. The normalized spacial score (nSPS) is 10.6. The molecule has 0 saturated carbocycles. The number of benzene rings is 1. The van der Waals surface area contributed by atoms with E-state index in [-0.39, 0.29) is 5.91 Å². The van der Waals surface area contributed by atoms with E-state index in [0.29, 0.717) is 18.0 Å². The van der Waals surface area contributed by atoms with E-state index in [1.54, 1.807) is 4.68 Å². The number of amides is 1. The summed E-state index contributed by atoms with van der Waals surface area (Å²) in [5.74, 6) is -0.0240. The summed E-state index contributed by atoms with van der Waals surface area (Å²) < 4.78 is 1.80. The maximum atomic E-state index is 12.0. The molecule has 106 valence electrons. The Morgan fingerprint density at radius 3 is 2.65 bits per heavy atom. The van der Waals surface area contributed by atoms with Gasteiger partial charge in [0.05, 0.1) is 12.1 Å². The van der Waals surface area contributed by atoms with Gasteiger partial charge in [-0.25, -0.2) is 0 Å². The first-order valence-corrected chi connectivity index (χ1v) is 6.86. The van der Waals surface area contributed by atoms with Gasteiger partial charge >= 0.3 is 0 Å². The van der Waals surface area contributed by atoms with E-state index in [1.807, 2.05) is 45.2 Å². The van der Waals surface area contributed by atoms with Crippen molar-refractivity contribution in [3.05, 3.63) is 51.8 Å². The highest BCUT2D eigenvalue weighted by molar-refractivity contribution is 6.31. The number of aryl methyl sites for hydroxylation is 2. The fourth-order valence-electron chi connectivity index (χ4n) is 2.13. The van der Waals surface area contributed by atoms with Crippen LogP contribution in [0.2, 0.25) is 5.02 Å². The molecule has 4 nitrogen and oxygen atoms in total. The second-order valence-corrected chi connectivity index (χ2v) is 5.23. The van der Waals surface area contributed by atoms with Crippen LogP contribution in [0.3, 0.4) is 0 Å². The summed E-state index contributed by atoms with van der Waals surface area (Å²) in [5, 5.41) is 7.87. The Labute approximate surface area is 123 Å². The summed E-state index contributed by atoms with van der Waals surface area (Å²) >= 11 is 6.06. The molecule has 0 saturated heterocycles. The molecule has 1 aromatic carbocycles. The van der Waals surface area contributed by atoms with Crippen LogP contribution in [-0.4, -0.2) is 15.7 Å². The lowest BCUT2D eigenvalue weighted by molar-refractivity contribution is -0.120. The zero-order chi connectivity index (χ0) is 14.7. The monoisotopic (exact) mass is 291 g/mol. The van der Waals surface area contributed by atoms with Crippen molar-refractivity contribution in [2.24, 2.45) is 7.05 Å². The molecule has 1 heterocycles. The van der Waals surface area contributed by atoms with Gasteiger partial charge in [0.1, 0.15) is 0 Å². The molecular formula is C15H18ClN3O. The average molecular weight is 292 g/mol. The number of rotatable bonds is 4. The lowest BCUT2D eigenvalue weighted by Gasteiger charge is -2.07. The van der Waals surface area contributed by atoms with Crippen molar-refractivity contribution < 1.29 is 4.79 Å². The van der Waals surface area contributed by atoms with Gasteiger partial charge in [0.2, 0.25) is 5.91 Å². The summed E-state index contributed by atoms with van der Waals surface area (Å²) in [6, 6.07) is 7.50. The first-order valence-electron chi connectivity index (χ1n) is 6.48. The molecule has 1 N–H and O–H groups in total. The Hall–Kier alpha value is -1.81. The van der Waals surface area contributed by atoms with Crippen LogP contribution in [-0.2, 0) is 24.8 Å². The highest BCUT2D eigenvalue weighted by Gasteiger charge is 2.13. The molecule has 0 radical (unpaired) electrons. The summed E-state index contributed by atoms with van der Waals surface area (Å²) in [6.45, 7) is 4.33. The average Bonchev–Trinajstić information content (AvgIpc) is 2.64. The quantitative estimate of drug-likeness (QED) is 0.941. The Balaban J connectivity index is 1.98. The number of aromatic nitrogens is 2. The SMILES string of the molecule is Cc1nn(C)c(C)c1CC(=O)NCc1ccccc1Cl. The Bertz CT molecular complexity index is 634. The van der Waals surface area contributed by atoms with E-state index in [9.17, 15) is 4.79 Å². The van der Waals surface area contributed by atoms with Crippen molar-refractivity contribution in [3.63, 3.8) is 0 Å².